The van der Waals surface area contributed by atoms with Crippen LogP contribution in [0.2, 0.25) is 0 Å². The number of oxazole rings is 1. The molecule has 3 rings (SSSR count). The molecule has 8 heteroatoms. The number of nitrogens with zero attached hydrogens (tertiary/aromatic N) is 3. The molecule has 0 bridgehead atoms. The number of primary amides is 1. The van der Waals surface area contributed by atoms with E-state index in [0.29, 0.717) is 24.5 Å². The van der Waals surface area contributed by atoms with Gasteiger partial charge in [0.05, 0.1) is 0 Å². The van der Waals surface area contributed by atoms with Gasteiger partial charge in [-0.3, -0.25) is 14.7 Å². The Hall–Kier alpha value is -2.64. The van der Waals surface area contributed by atoms with Crippen LogP contribution < -0.4 is 5.73 Å². The van der Waals surface area contributed by atoms with Crippen LogP contribution in [-0.4, -0.2) is 45.0 Å². The van der Waals surface area contributed by atoms with E-state index in [1.807, 2.05) is 13.8 Å². The predicted molar refractivity (Wildman–Crippen MR) is 85.6 cm³/mol. The lowest BCUT2D eigenvalue weighted by Gasteiger charge is -2.32. The Kier molecular flexibility index (Phi) is 4.37. The van der Waals surface area contributed by atoms with Crippen molar-refractivity contribution in [2.75, 3.05) is 13.1 Å². The largest absolute Gasteiger partial charge is 0.447 e. The first-order chi connectivity index (χ1) is 11.5. The van der Waals surface area contributed by atoms with Crippen LogP contribution in [0.3, 0.4) is 0 Å². The number of hydrogen-bond donors (Lipinski definition) is 2. The number of rotatable bonds is 4. The highest BCUT2D eigenvalue weighted by atomic mass is 16.3. The van der Waals surface area contributed by atoms with Gasteiger partial charge in [0.1, 0.15) is 11.5 Å². The summed E-state index contributed by atoms with van der Waals surface area (Å²) in [6.45, 7) is 5.15. The second-order valence-electron chi connectivity index (χ2n) is 6.38. The van der Waals surface area contributed by atoms with Crippen LogP contribution >= 0.6 is 0 Å². The Morgan fingerprint density at radius 2 is 2.25 bits per heavy atom. The molecule has 2 amide bonds. The lowest BCUT2D eigenvalue weighted by Crippen LogP contribution is -2.39. The van der Waals surface area contributed by atoms with Crippen molar-refractivity contribution in [3.63, 3.8) is 0 Å². The highest BCUT2D eigenvalue weighted by Crippen LogP contribution is 2.28. The first kappa shape index (κ1) is 16.2. The fourth-order valence-corrected chi connectivity index (χ4v) is 3.06. The third kappa shape index (κ3) is 3.04. The van der Waals surface area contributed by atoms with Gasteiger partial charge in [-0.15, -0.1) is 0 Å². The topological polar surface area (TPSA) is 118 Å². The van der Waals surface area contributed by atoms with Gasteiger partial charge in [0.15, 0.2) is 12.1 Å². The van der Waals surface area contributed by atoms with E-state index >= 15 is 0 Å². The maximum atomic E-state index is 12.8. The number of nitrogens with one attached hydrogen (secondary N) is 1. The van der Waals surface area contributed by atoms with Crippen molar-refractivity contribution in [2.24, 2.45) is 5.73 Å². The minimum absolute atomic E-state index is 0.0951. The maximum Gasteiger partial charge on any atom is 0.276 e. The van der Waals surface area contributed by atoms with Gasteiger partial charge in [0.2, 0.25) is 0 Å². The normalized spacial score (nSPS) is 18.1. The highest BCUT2D eigenvalue weighted by Gasteiger charge is 2.30. The van der Waals surface area contributed by atoms with E-state index in [1.165, 1.54) is 6.39 Å². The SMILES string of the molecule is CC(C)c1ocnc1C(=O)N1CCC[C@H](c2cc(C(N)=O)n[nH]2)C1. The number of likely N-dealkylation sites (tertiary alicyclic amines) is 1. The summed E-state index contributed by atoms with van der Waals surface area (Å²) < 4.78 is 5.35. The Labute approximate surface area is 139 Å². The number of amides is 2. The molecule has 1 fully saturated rings. The van der Waals surface area contributed by atoms with Crippen molar-refractivity contribution < 1.29 is 14.0 Å². The van der Waals surface area contributed by atoms with Crippen LogP contribution in [-0.2, 0) is 0 Å². The molecule has 128 valence electrons. The Bertz CT molecular complexity index is 748. The third-order valence-corrected chi connectivity index (χ3v) is 4.32. The van der Waals surface area contributed by atoms with Gasteiger partial charge in [-0.1, -0.05) is 13.8 Å². The summed E-state index contributed by atoms with van der Waals surface area (Å²) in [5, 5.41) is 6.78. The molecule has 3 N–H and O–H groups in total. The van der Waals surface area contributed by atoms with Crippen molar-refractivity contribution in [1.29, 1.82) is 0 Å². The Balaban J connectivity index is 1.76. The molecule has 0 aromatic carbocycles. The summed E-state index contributed by atoms with van der Waals surface area (Å²) in [7, 11) is 0. The van der Waals surface area contributed by atoms with Crippen molar-refractivity contribution in [2.45, 2.75) is 38.5 Å². The lowest BCUT2D eigenvalue weighted by molar-refractivity contribution is 0.0697. The average Bonchev–Trinajstić information content (AvgIpc) is 3.23. The lowest BCUT2D eigenvalue weighted by atomic mass is 9.94. The van der Waals surface area contributed by atoms with E-state index in [2.05, 4.69) is 15.2 Å². The van der Waals surface area contributed by atoms with Gasteiger partial charge in [-0.2, -0.15) is 5.10 Å². The number of carbonyl (C=O) groups is 2. The van der Waals surface area contributed by atoms with E-state index in [0.717, 1.165) is 18.5 Å². The van der Waals surface area contributed by atoms with Gasteiger partial charge in [0.25, 0.3) is 11.8 Å². The molecule has 3 heterocycles. The summed E-state index contributed by atoms with van der Waals surface area (Å²) in [4.78, 5) is 29.8. The number of hydrogen-bond acceptors (Lipinski definition) is 5. The first-order valence-corrected chi connectivity index (χ1v) is 8.05. The maximum absolute atomic E-state index is 12.8. The zero-order valence-corrected chi connectivity index (χ0v) is 13.8. The molecule has 0 radical (unpaired) electrons. The van der Waals surface area contributed by atoms with Crippen molar-refractivity contribution >= 4 is 11.8 Å². The molecule has 0 spiro atoms. The second-order valence-corrected chi connectivity index (χ2v) is 6.38. The van der Waals surface area contributed by atoms with Gasteiger partial charge in [-0.05, 0) is 18.9 Å². The number of carbonyl (C=O) groups excluding carboxylic acids is 2. The Morgan fingerprint density at radius 3 is 2.92 bits per heavy atom. The first-order valence-electron chi connectivity index (χ1n) is 8.05. The number of aromatic nitrogens is 3. The van der Waals surface area contributed by atoms with Crippen LogP contribution in [0.1, 0.15) is 71.0 Å². The standard InChI is InChI=1S/C16H21N5O3/c1-9(2)14-13(18-8-24-14)16(23)21-5-3-4-10(7-21)11-6-12(15(17)22)20-19-11/h6,8-10H,3-5,7H2,1-2H3,(H2,17,22)(H,19,20)/t10-/m0/s1. The quantitative estimate of drug-likeness (QED) is 0.883. The van der Waals surface area contributed by atoms with Crippen molar-refractivity contribution in [1.82, 2.24) is 20.1 Å². The van der Waals surface area contributed by atoms with E-state index < -0.39 is 5.91 Å². The predicted octanol–water partition coefficient (Wildman–Crippen LogP) is 1.64. The molecular formula is C16H21N5O3. The van der Waals surface area contributed by atoms with Crippen molar-refractivity contribution in [3.8, 4) is 0 Å². The van der Waals surface area contributed by atoms with Crippen molar-refractivity contribution in [3.05, 3.63) is 35.3 Å². The summed E-state index contributed by atoms with van der Waals surface area (Å²) in [5.41, 5.74) is 6.66. The molecule has 2 aromatic rings. The van der Waals surface area contributed by atoms with Gasteiger partial charge >= 0.3 is 0 Å². The third-order valence-electron chi connectivity index (χ3n) is 4.32. The van der Waals surface area contributed by atoms with E-state index in [9.17, 15) is 9.59 Å². The number of piperidine rings is 1. The van der Waals surface area contributed by atoms with E-state index in [-0.39, 0.29) is 23.4 Å². The van der Waals surface area contributed by atoms with Crippen LogP contribution in [0.5, 0.6) is 0 Å². The second kappa shape index (κ2) is 6.46. The summed E-state index contributed by atoms with van der Waals surface area (Å²) in [6, 6.07) is 1.66. The summed E-state index contributed by atoms with van der Waals surface area (Å²) in [5.74, 6) is 0.118. The Morgan fingerprint density at radius 1 is 1.46 bits per heavy atom. The molecule has 0 unspecified atom stereocenters. The van der Waals surface area contributed by atoms with E-state index in [1.54, 1.807) is 11.0 Å². The van der Waals surface area contributed by atoms with Gasteiger partial charge in [0, 0.05) is 30.6 Å². The molecular weight excluding hydrogens is 310 g/mol. The van der Waals surface area contributed by atoms with Crippen LogP contribution in [0.25, 0.3) is 0 Å². The average molecular weight is 331 g/mol. The molecule has 0 saturated carbocycles. The minimum atomic E-state index is -0.564. The summed E-state index contributed by atoms with van der Waals surface area (Å²) in [6.07, 6.45) is 3.11. The summed E-state index contributed by atoms with van der Waals surface area (Å²) >= 11 is 0. The zero-order chi connectivity index (χ0) is 17.3. The minimum Gasteiger partial charge on any atom is -0.447 e. The molecule has 2 aromatic heterocycles. The monoisotopic (exact) mass is 331 g/mol. The van der Waals surface area contributed by atoms with E-state index in [4.69, 9.17) is 10.2 Å². The molecule has 1 atom stereocenters. The zero-order valence-electron chi connectivity index (χ0n) is 13.8. The van der Waals surface area contributed by atoms with Gasteiger partial charge in [-0.25, -0.2) is 4.98 Å². The highest BCUT2D eigenvalue weighted by molar-refractivity contribution is 5.93. The smallest absolute Gasteiger partial charge is 0.276 e. The van der Waals surface area contributed by atoms with Crippen LogP contribution in [0, 0.1) is 0 Å². The van der Waals surface area contributed by atoms with Crippen LogP contribution in [0.4, 0.5) is 0 Å². The molecule has 1 aliphatic heterocycles. The molecule has 24 heavy (non-hydrogen) atoms. The molecule has 1 saturated heterocycles. The van der Waals surface area contributed by atoms with Crippen LogP contribution in [0.15, 0.2) is 16.9 Å². The number of H-pyrrole nitrogens is 1. The number of aromatic amines is 1. The fourth-order valence-electron chi connectivity index (χ4n) is 3.06. The number of nitrogens with two attached hydrogens (primary N) is 1. The molecule has 8 nitrogen and oxygen atoms in total. The fraction of sp³-hybridized carbons (Fsp3) is 0.500. The molecule has 0 aliphatic carbocycles. The van der Waals surface area contributed by atoms with Gasteiger partial charge < -0.3 is 15.1 Å². The molecule has 1 aliphatic rings.